The molecule has 0 spiro atoms. The van der Waals surface area contributed by atoms with Gasteiger partial charge in [-0.3, -0.25) is 59.1 Å². The number of hydrogen-bond acceptors (Lipinski definition) is 21. The van der Waals surface area contributed by atoms with E-state index in [1.165, 1.54) is 59.8 Å². The maximum Gasteiger partial charge on any atom is 0.339 e. The fraction of sp³-hybridized carbons (Fsp3) is 0.181. The van der Waals surface area contributed by atoms with E-state index in [1.54, 1.807) is 110 Å². The molecule has 0 bridgehead atoms. The van der Waals surface area contributed by atoms with E-state index in [4.69, 9.17) is 19.8 Å². The van der Waals surface area contributed by atoms with Crippen molar-refractivity contribution in [2.45, 2.75) is 105 Å². The van der Waals surface area contributed by atoms with Crippen molar-refractivity contribution in [3.05, 3.63) is 297 Å². The van der Waals surface area contributed by atoms with Gasteiger partial charge in [0, 0.05) is 64.3 Å². The highest BCUT2D eigenvalue weighted by molar-refractivity contribution is 9.09. The Bertz CT molecular complexity index is 4870. The highest BCUT2D eigenvalue weighted by Gasteiger charge is 2.30. The van der Waals surface area contributed by atoms with Crippen LogP contribution in [-0.2, 0) is 28.6 Å². The molecule has 3 heterocycles. The number of esters is 3. The Labute approximate surface area is 684 Å². The van der Waals surface area contributed by atoms with Gasteiger partial charge < -0.3 is 29.5 Å². The van der Waals surface area contributed by atoms with Crippen molar-refractivity contribution >= 4 is 152 Å². The average molecular weight is 1690 g/mol. The molecule has 0 fully saturated rings. The van der Waals surface area contributed by atoms with Crippen LogP contribution in [0.5, 0.6) is 0 Å². The smallest absolute Gasteiger partial charge is 0.339 e. The number of fused-ring (bicyclic) bond motifs is 6. The number of nitro benzene ring substituents is 2. The quantitative estimate of drug-likeness (QED) is 0.00779. The fourth-order valence-corrected chi connectivity index (χ4v) is 14.9. The lowest BCUT2D eigenvalue weighted by Crippen LogP contribution is -2.36. The van der Waals surface area contributed by atoms with Gasteiger partial charge in [-0.1, -0.05) is 212 Å². The third-order valence-electron chi connectivity index (χ3n) is 15.4. The number of unbranched alkanes of at least 4 members (excludes halogenated alkanes) is 3. The number of alkyl halides is 1. The molecule has 23 nitrogen and oxygen atoms in total. The number of carboxylic acids is 1. The number of benzene rings is 10. The molecule has 30 heteroatoms. The summed E-state index contributed by atoms with van der Waals surface area (Å²) in [5.74, 6) is -3.34. The van der Waals surface area contributed by atoms with Crippen LogP contribution in [0.4, 0.5) is 32.8 Å². The number of carboxylic acid groups (broad SMARTS) is 1. The predicted octanol–water partition coefficient (Wildman–Crippen LogP) is 20.2. The van der Waals surface area contributed by atoms with Crippen molar-refractivity contribution in [3.63, 3.8) is 0 Å². The molecule has 4 N–H and O–H groups in total. The molecular weight excluding hydrogens is 1610 g/mol. The van der Waals surface area contributed by atoms with E-state index in [0.717, 1.165) is 95.4 Å². The number of ether oxygens (including phenoxy) is 3. The summed E-state index contributed by atoms with van der Waals surface area (Å²) >= 11 is 12.9. The molecular formula is C83H82BrFN6O17S5. The van der Waals surface area contributed by atoms with Crippen molar-refractivity contribution in [1.82, 2.24) is 5.48 Å². The molecule has 4 amide bonds. The Morgan fingerprint density at radius 3 is 1.49 bits per heavy atom. The topological polar surface area (TPSA) is 322 Å². The van der Waals surface area contributed by atoms with Crippen LogP contribution in [0.15, 0.2) is 287 Å². The van der Waals surface area contributed by atoms with Gasteiger partial charge >= 0.3 is 29.6 Å². The number of methoxy groups -OCH3 is 1. The van der Waals surface area contributed by atoms with Crippen molar-refractivity contribution in [1.29, 1.82) is 0 Å². The lowest BCUT2D eigenvalue weighted by Gasteiger charge is -2.23. The summed E-state index contributed by atoms with van der Waals surface area (Å²) < 4.78 is 26.6. The number of nitro groups is 2. The first-order valence-electron chi connectivity index (χ1n) is 33.9. The summed E-state index contributed by atoms with van der Waals surface area (Å²) in [4.78, 5) is 124. The van der Waals surface area contributed by atoms with E-state index in [9.17, 15) is 63.0 Å². The van der Waals surface area contributed by atoms with Gasteiger partial charge in [0.1, 0.15) is 11.9 Å². The summed E-state index contributed by atoms with van der Waals surface area (Å²) in [6.07, 6.45) is 3.75. The minimum atomic E-state index is -0.939. The summed E-state index contributed by atoms with van der Waals surface area (Å²) in [7, 11) is 1.30. The fourth-order valence-electron chi connectivity index (χ4n) is 10.2. The van der Waals surface area contributed by atoms with Crippen LogP contribution in [0.3, 0.4) is 0 Å². The maximum atomic E-state index is 13.1. The van der Waals surface area contributed by atoms with E-state index in [2.05, 4.69) is 44.7 Å². The SMILES string of the molecule is C.C.CCOC(=O)CBr.CCOC(=O)CN1C(=O)c2ccccc2Sc2ccccc21.COC(=O)c1ccccc1Sc1ccccc1[N+](=O)[O-].O=C(CCCCCCN1C(=O)c2ccccc2Sc2ccccc21)NO.O=C(O)c1ccccc1S.O=C1Nc2ccccc2Sc2ccccc21.O=[N+]([O-])c1ccccc1F. The zero-order valence-electron chi connectivity index (χ0n) is 59.8. The molecule has 0 saturated carbocycles. The largest absolute Gasteiger partial charge is 0.478 e. The van der Waals surface area contributed by atoms with E-state index < -0.39 is 39.3 Å². The van der Waals surface area contributed by atoms with E-state index >= 15 is 0 Å². The Morgan fingerprint density at radius 2 is 0.973 bits per heavy atom. The predicted molar refractivity (Wildman–Crippen MR) is 445 cm³/mol. The summed E-state index contributed by atoms with van der Waals surface area (Å²) in [5.41, 5.74) is 6.47. The molecule has 0 saturated heterocycles. The molecule has 0 unspecified atom stereocenters. The van der Waals surface area contributed by atoms with Gasteiger partial charge in [-0.05, 0) is 136 Å². The van der Waals surface area contributed by atoms with Crippen molar-refractivity contribution < 1.29 is 77.1 Å². The highest BCUT2D eigenvalue weighted by Crippen LogP contribution is 2.44. The third kappa shape index (κ3) is 27.9. The van der Waals surface area contributed by atoms with Gasteiger partial charge in [-0.2, -0.15) is 4.39 Å². The van der Waals surface area contributed by atoms with Gasteiger partial charge in [-0.25, -0.2) is 15.1 Å². The average Bonchev–Trinajstić information content (AvgIpc) is 1.66. The molecule has 10 aromatic carbocycles. The number of anilines is 3. The van der Waals surface area contributed by atoms with E-state index in [0.29, 0.717) is 57.3 Å². The van der Waals surface area contributed by atoms with Crippen LogP contribution in [0.1, 0.15) is 113 Å². The minimum Gasteiger partial charge on any atom is -0.478 e. The zero-order chi connectivity index (χ0) is 80.2. The van der Waals surface area contributed by atoms with Crippen LogP contribution in [0.2, 0.25) is 0 Å². The number of carbonyl (C=O) groups excluding carboxylic acids is 7. The summed E-state index contributed by atoms with van der Waals surface area (Å²) in [6, 6.07) is 71.1. The Hall–Kier alpha value is -11.1. The number of para-hydroxylation sites is 5. The van der Waals surface area contributed by atoms with Crippen molar-refractivity contribution in [3.8, 4) is 0 Å². The number of hydroxylamine groups is 1. The lowest BCUT2D eigenvalue weighted by molar-refractivity contribution is -0.387. The number of rotatable bonds is 18. The molecule has 0 atom stereocenters. The molecule has 13 rings (SSSR count). The molecule has 3 aliphatic rings. The molecule has 113 heavy (non-hydrogen) atoms. The van der Waals surface area contributed by atoms with Gasteiger partial charge in [0.05, 0.1) is 79.9 Å². The zero-order valence-corrected chi connectivity index (χ0v) is 65.6. The lowest BCUT2D eigenvalue weighted by atomic mass is 10.1. The second-order valence-corrected chi connectivity index (χ2v) is 28.2. The monoisotopic (exact) mass is 1690 g/mol. The number of hydrogen-bond donors (Lipinski definition) is 5. The number of aromatic carboxylic acids is 1. The Kier molecular flexibility index (Phi) is 39.8. The van der Waals surface area contributed by atoms with Crippen LogP contribution < -0.4 is 20.6 Å². The standard InChI is InChI=1S/C20H22N2O3S.C17H15NO3S.C14H11NO4S.C13H9NOS.C7H6O2S.C6H4FNO2.C4H7BrO2.2CH4/c23-19(21-25)13-3-1-2-8-14-22-16-10-5-7-12-18(16)26-17-11-6-4-9-15(17)20(22)24;1-2-21-16(19)11-18-13-8-4-6-10-15(13)22-14-9-5-3-7-12(14)17(18)20;1-19-14(16)10-6-2-4-8-12(10)20-13-9-5-3-7-11(13)15(17)18;15-13-9-5-1-3-7-11(9)16-12-8-4-2-6-10(12)14-13;8-7(9)5-3-1-2-4-6(5)10;7-5-3-1-2-4-6(5)8(9)10;1-2-7-4(6)3-5;;/h4-7,9-12,25H,1-3,8,13-14H2,(H,21,23);3-10H,2,11H2,1H3;2-9H,1H3;1-8H,(H,14,15);1-4,10H,(H,8,9);1-4H;2-3H2,1H3;2*1H4. The second-order valence-electron chi connectivity index (χ2n) is 22.8. The van der Waals surface area contributed by atoms with Crippen LogP contribution in [0, 0.1) is 26.0 Å². The Balaban J connectivity index is 0.000000243. The van der Waals surface area contributed by atoms with Gasteiger partial charge in [0.2, 0.25) is 11.7 Å². The maximum absolute atomic E-state index is 13.1. The van der Waals surface area contributed by atoms with Gasteiger partial charge in [0.25, 0.3) is 23.4 Å². The third-order valence-corrected chi connectivity index (χ3v) is 20.8. The highest BCUT2D eigenvalue weighted by atomic mass is 79.9. The van der Waals surface area contributed by atoms with Crippen molar-refractivity contribution in [2.75, 3.05) is 53.9 Å². The van der Waals surface area contributed by atoms with Crippen molar-refractivity contribution in [2.24, 2.45) is 0 Å². The molecule has 10 aromatic rings. The van der Waals surface area contributed by atoms with Crippen LogP contribution >= 0.6 is 75.6 Å². The molecule has 0 aromatic heterocycles. The number of amides is 4. The number of nitrogens with zero attached hydrogens (tertiary/aromatic N) is 4. The van der Waals surface area contributed by atoms with Crippen LogP contribution in [0.25, 0.3) is 0 Å². The molecule has 0 radical (unpaired) electrons. The first-order chi connectivity index (χ1) is 53.6. The first kappa shape index (κ1) is 92.5. The molecule has 3 aliphatic heterocycles. The van der Waals surface area contributed by atoms with E-state index in [-0.39, 0.29) is 62.2 Å². The Morgan fingerprint density at radius 1 is 0.540 bits per heavy atom. The van der Waals surface area contributed by atoms with E-state index in [1.807, 2.05) is 138 Å². The van der Waals surface area contributed by atoms with Gasteiger partial charge in [0.15, 0.2) is 0 Å². The molecule has 590 valence electrons. The normalized spacial score (nSPS) is 11.4. The first-order valence-corrected chi connectivity index (χ1v) is 38.8. The number of halogens is 2. The number of thiol groups is 1. The second kappa shape index (κ2) is 48.6. The molecule has 0 aliphatic carbocycles. The summed E-state index contributed by atoms with van der Waals surface area (Å²) in [5, 5.41) is 41.2. The number of nitrogens with one attached hydrogen (secondary N) is 2. The summed E-state index contributed by atoms with van der Waals surface area (Å²) in [6.45, 7) is 4.86. The van der Waals surface area contributed by atoms with Gasteiger partial charge in [-0.15, -0.1) is 12.6 Å². The van der Waals surface area contributed by atoms with Crippen LogP contribution in [-0.4, -0.2) is 106 Å². The minimum absolute atomic E-state index is 0. The number of carbonyl (C=O) groups is 8.